The van der Waals surface area contributed by atoms with Gasteiger partial charge in [-0.15, -0.1) is 0 Å². The van der Waals surface area contributed by atoms with E-state index in [9.17, 15) is 18.0 Å². The first-order valence-electron chi connectivity index (χ1n) is 5.78. The van der Waals surface area contributed by atoms with Crippen LogP contribution in [0.2, 0.25) is 0 Å². The Morgan fingerprint density at radius 2 is 1.81 bits per heavy atom. The zero-order valence-corrected chi connectivity index (χ0v) is 12.0. The van der Waals surface area contributed by atoms with Crippen LogP contribution in [-0.2, 0) is 6.54 Å². The molecule has 0 spiro atoms. The third-order valence-electron chi connectivity index (χ3n) is 2.76. The number of rotatable bonds is 4. The first-order valence-corrected chi connectivity index (χ1v) is 6.58. The minimum Gasteiger partial charge on any atom is -0.478 e. The number of hydrogen-bond donors (Lipinski definition) is 2. The second-order valence-corrected chi connectivity index (χ2v) is 5.12. The van der Waals surface area contributed by atoms with E-state index in [1.165, 1.54) is 18.2 Å². The Bertz CT molecular complexity index is 707. The van der Waals surface area contributed by atoms with Gasteiger partial charge in [-0.05, 0) is 24.3 Å². The molecule has 2 aromatic carbocycles. The number of anilines is 1. The van der Waals surface area contributed by atoms with E-state index in [1.807, 2.05) is 0 Å². The number of nitrogens with one attached hydrogen (secondary N) is 1. The highest BCUT2D eigenvalue weighted by Crippen LogP contribution is 2.22. The van der Waals surface area contributed by atoms with Crippen LogP contribution in [0.4, 0.5) is 18.9 Å². The molecule has 0 saturated carbocycles. The molecule has 0 aromatic heterocycles. The number of carboxylic acid groups (broad SMARTS) is 1. The Morgan fingerprint density at radius 1 is 1.10 bits per heavy atom. The fourth-order valence-electron chi connectivity index (χ4n) is 1.72. The van der Waals surface area contributed by atoms with Crippen LogP contribution in [0.5, 0.6) is 0 Å². The zero-order valence-electron chi connectivity index (χ0n) is 10.5. The third-order valence-corrected chi connectivity index (χ3v) is 3.26. The molecule has 3 nitrogen and oxygen atoms in total. The van der Waals surface area contributed by atoms with Crippen molar-refractivity contribution in [3.05, 3.63) is 63.4 Å². The van der Waals surface area contributed by atoms with E-state index in [0.29, 0.717) is 10.5 Å². The van der Waals surface area contributed by atoms with Gasteiger partial charge in [0.15, 0.2) is 0 Å². The molecular weight excluding hydrogens is 351 g/mol. The summed E-state index contributed by atoms with van der Waals surface area (Å²) in [6.07, 6.45) is 0. The standard InChI is InChI=1S/C14H9BrF3NO2/c15-8-1-2-10(16)7(3-8)6-19-13-4-9(14(20)21)11(17)5-12(13)18/h1-5,19H,6H2,(H,20,21). The van der Waals surface area contributed by atoms with Crippen LogP contribution in [0.1, 0.15) is 15.9 Å². The van der Waals surface area contributed by atoms with E-state index in [2.05, 4.69) is 21.2 Å². The number of carboxylic acids is 1. The number of benzene rings is 2. The molecule has 0 fully saturated rings. The van der Waals surface area contributed by atoms with E-state index in [-0.39, 0.29) is 17.8 Å². The molecule has 0 bridgehead atoms. The van der Waals surface area contributed by atoms with Gasteiger partial charge in [0.2, 0.25) is 0 Å². The average Bonchev–Trinajstić information content (AvgIpc) is 2.41. The SMILES string of the molecule is O=C(O)c1cc(NCc2cc(Br)ccc2F)c(F)cc1F. The molecule has 21 heavy (non-hydrogen) atoms. The van der Waals surface area contributed by atoms with Crippen molar-refractivity contribution in [2.45, 2.75) is 6.54 Å². The summed E-state index contributed by atoms with van der Waals surface area (Å²) in [5, 5.41) is 11.3. The lowest BCUT2D eigenvalue weighted by Gasteiger charge is -2.10. The number of halogens is 4. The molecule has 2 N–H and O–H groups in total. The fraction of sp³-hybridized carbons (Fsp3) is 0.0714. The second-order valence-electron chi connectivity index (χ2n) is 4.21. The molecule has 0 unspecified atom stereocenters. The first kappa shape index (κ1) is 15.4. The lowest BCUT2D eigenvalue weighted by molar-refractivity contribution is 0.0692. The molecule has 0 radical (unpaired) electrons. The van der Waals surface area contributed by atoms with Gasteiger partial charge in [-0.3, -0.25) is 0 Å². The van der Waals surface area contributed by atoms with Crippen molar-refractivity contribution < 1.29 is 23.1 Å². The van der Waals surface area contributed by atoms with Gasteiger partial charge in [0, 0.05) is 22.6 Å². The Labute approximate surface area is 126 Å². The maximum Gasteiger partial charge on any atom is 0.338 e. The van der Waals surface area contributed by atoms with Crippen LogP contribution < -0.4 is 5.32 Å². The maximum atomic E-state index is 13.6. The highest BCUT2D eigenvalue weighted by atomic mass is 79.9. The lowest BCUT2D eigenvalue weighted by atomic mass is 10.1. The van der Waals surface area contributed by atoms with Gasteiger partial charge in [-0.25, -0.2) is 18.0 Å². The molecule has 0 heterocycles. The van der Waals surface area contributed by atoms with E-state index < -0.39 is 29.0 Å². The summed E-state index contributed by atoms with van der Waals surface area (Å²) in [6, 6.07) is 5.57. The third kappa shape index (κ3) is 3.55. The van der Waals surface area contributed by atoms with Crippen LogP contribution >= 0.6 is 15.9 Å². The molecular formula is C14H9BrF3NO2. The van der Waals surface area contributed by atoms with Gasteiger partial charge >= 0.3 is 5.97 Å². The van der Waals surface area contributed by atoms with Gasteiger partial charge in [-0.1, -0.05) is 15.9 Å². The summed E-state index contributed by atoms with van der Waals surface area (Å²) < 4.78 is 41.0. The van der Waals surface area contributed by atoms with E-state index in [0.717, 1.165) is 6.07 Å². The quantitative estimate of drug-likeness (QED) is 0.860. The molecule has 0 saturated heterocycles. The topological polar surface area (TPSA) is 49.3 Å². The maximum absolute atomic E-state index is 13.6. The van der Waals surface area contributed by atoms with E-state index in [1.54, 1.807) is 0 Å². The Morgan fingerprint density at radius 3 is 2.48 bits per heavy atom. The minimum atomic E-state index is -1.51. The largest absolute Gasteiger partial charge is 0.478 e. The summed E-state index contributed by atoms with van der Waals surface area (Å²) >= 11 is 3.18. The van der Waals surface area contributed by atoms with Crippen LogP contribution in [0.25, 0.3) is 0 Å². The summed E-state index contributed by atoms with van der Waals surface area (Å²) in [5.74, 6) is -4.12. The monoisotopic (exact) mass is 359 g/mol. The Kier molecular flexibility index (Phi) is 4.52. The number of aromatic carboxylic acids is 1. The molecule has 110 valence electrons. The van der Waals surface area contributed by atoms with Crippen molar-refractivity contribution in [1.29, 1.82) is 0 Å². The van der Waals surface area contributed by atoms with Gasteiger partial charge in [-0.2, -0.15) is 0 Å². The van der Waals surface area contributed by atoms with Crippen LogP contribution in [0.15, 0.2) is 34.8 Å². The van der Waals surface area contributed by atoms with Gasteiger partial charge in [0.25, 0.3) is 0 Å². The van der Waals surface area contributed by atoms with E-state index in [4.69, 9.17) is 5.11 Å². The highest BCUT2D eigenvalue weighted by Gasteiger charge is 2.15. The van der Waals surface area contributed by atoms with Crippen molar-refractivity contribution in [3.8, 4) is 0 Å². The van der Waals surface area contributed by atoms with Gasteiger partial charge in [0.05, 0.1) is 11.3 Å². The van der Waals surface area contributed by atoms with Crippen molar-refractivity contribution in [1.82, 2.24) is 0 Å². The molecule has 0 amide bonds. The lowest BCUT2D eigenvalue weighted by Crippen LogP contribution is -2.07. The molecule has 0 aliphatic heterocycles. The summed E-state index contributed by atoms with van der Waals surface area (Å²) in [6.45, 7) is -0.0765. The van der Waals surface area contributed by atoms with Crippen molar-refractivity contribution >= 4 is 27.6 Å². The fourth-order valence-corrected chi connectivity index (χ4v) is 2.13. The average molecular weight is 360 g/mol. The van der Waals surface area contributed by atoms with Crippen LogP contribution in [0, 0.1) is 17.5 Å². The second kappa shape index (κ2) is 6.17. The molecule has 0 aliphatic rings. The number of carbonyl (C=O) groups is 1. The highest BCUT2D eigenvalue weighted by molar-refractivity contribution is 9.10. The summed E-state index contributed by atoms with van der Waals surface area (Å²) in [7, 11) is 0. The molecule has 7 heteroatoms. The first-order chi connectivity index (χ1) is 9.88. The van der Waals surface area contributed by atoms with Crippen LogP contribution in [0.3, 0.4) is 0 Å². The Hall–Kier alpha value is -2.02. The van der Waals surface area contributed by atoms with E-state index >= 15 is 0 Å². The predicted octanol–water partition coefficient (Wildman–Crippen LogP) is 4.18. The Balaban J connectivity index is 2.25. The van der Waals surface area contributed by atoms with Crippen molar-refractivity contribution in [2.24, 2.45) is 0 Å². The zero-order chi connectivity index (χ0) is 15.6. The summed E-state index contributed by atoms with van der Waals surface area (Å²) in [4.78, 5) is 10.8. The molecule has 2 aromatic rings. The van der Waals surface area contributed by atoms with Crippen molar-refractivity contribution in [3.63, 3.8) is 0 Å². The smallest absolute Gasteiger partial charge is 0.338 e. The van der Waals surface area contributed by atoms with Crippen molar-refractivity contribution in [2.75, 3.05) is 5.32 Å². The molecule has 2 rings (SSSR count). The predicted molar refractivity (Wildman–Crippen MR) is 74.7 cm³/mol. The number of hydrogen-bond acceptors (Lipinski definition) is 2. The summed E-state index contributed by atoms with van der Waals surface area (Å²) in [5.41, 5.74) is -0.619. The van der Waals surface area contributed by atoms with Gasteiger partial charge < -0.3 is 10.4 Å². The minimum absolute atomic E-state index is 0.0765. The molecule has 0 aliphatic carbocycles. The normalized spacial score (nSPS) is 10.5. The van der Waals surface area contributed by atoms with Gasteiger partial charge in [0.1, 0.15) is 17.5 Å². The van der Waals surface area contributed by atoms with Crippen LogP contribution in [-0.4, -0.2) is 11.1 Å². The molecule has 0 atom stereocenters.